The molecule has 0 saturated carbocycles. The van der Waals surface area contributed by atoms with Gasteiger partial charge < -0.3 is 10.2 Å². The van der Waals surface area contributed by atoms with Crippen LogP contribution in [0.1, 0.15) is 41.0 Å². The summed E-state index contributed by atoms with van der Waals surface area (Å²) in [5.41, 5.74) is 0.616. The van der Waals surface area contributed by atoms with Crippen molar-refractivity contribution in [3.05, 3.63) is 57.2 Å². The highest BCUT2D eigenvalue weighted by molar-refractivity contribution is 7.10. The average Bonchev–Trinajstić information content (AvgIpc) is 3.21. The minimum atomic E-state index is -0.0554. The fourth-order valence-electron chi connectivity index (χ4n) is 3.41. The first-order valence-corrected chi connectivity index (χ1v) is 9.35. The number of halogens is 1. The Morgan fingerprint density at radius 1 is 1.26 bits per heavy atom. The molecule has 0 aliphatic carbocycles. The van der Waals surface area contributed by atoms with E-state index in [2.05, 4.69) is 29.8 Å². The van der Waals surface area contributed by atoms with Gasteiger partial charge in [-0.2, -0.15) is 0 Å². The van der Waals surface area contributed by atoms with Gasteiger partial charge in [0, 0.05) is 23.4 Å². The number of carbonyl (C=O) groups is 1. The van der Waals surface area contributed by atoms with E-state index in [1.54, 1.807) is 34.4 Å². The SMILES string of the molecule is C[C@@H](NC(=O)c1cccc(Cl)c1)[C@@H](c1cccs1)[NH+]1CCCC1. The molecule has 1 aliphatic heterocycles. The fraction of sp³-hybridized carbons (Fsp3) is 0.389. The van der Waals surface area contributed by atoms with Crippen LogP contribution in [0.5, 0.6) is 0 Å². The molecule has 1 aromatic heterocycles. The van der Waals surface area contributed by atoms with Gasteiger partial charge in [-0.15, -0.1) is 11.3 Å². The summed E-state index contributed by atoms with van der Waals surface area (Å²) < 4.78 is 0. The first kappa shape index (κ1) is 16.5. The van der Waals surface area contributed by atoms with Gasteiger partial charge in [-0.05, 0) is 36.6 Å². The van der Waals surface area contributed by atoms with Gasteiger partial charge in [0.05, 0.1) is 24.0 Å². The van der Waals surface area contributed by atoms with Crippen LogP contribution in [-0.2, 0) is 0 Å². The van der Waals surface area contributed by atoms with E-state index in [-0.39, 0.29) is 11.9 Å². The van der Waals surface area contributed by atoms with Crippen LogP contribution in [0.25, 0.3) is 0 Å². The Morgan fingerprint density at radius 2 is 2.04 bits per heavy atom. The number of nitrogens with one attached hydrogen (secondary N) is 2. The lowest BCUT2D eigenvalue weighted by molar-refractivity contribution is -0.920. The molecule has 0 radical (unpaired) electrons. The summed E-state index contributed by atoms with van der Waals surface area (Å²) >= 11 is 7.77. The molecule has 1 fully saturated rings. The van der Waals surface area contributed by atoms with E-state index in [1.807, 2.05) is 6.07 Å². The van der Waals surface area contributed by atoms with Crippen molar-refractivity contribution < 1.29 is 9.69 Å². The summed E-state index contributed by atoms with van der Waals surface area (Å²) in [5.74, 6) is -0.0554. The van der Waals surface area contributed by atoms with Crippen LogP contribution in [0.4, 0.5) is 0 Å². The van der Waals surface area contributed by atoms with Crippen LogP contribution in [0.2, 0.25) is 5.02 Å². The molecule has 1 saturated heterocycles. The molecule has 2 aromatic rings. The third-order valence-electron chi connectivity index (χ3n) is 4.48. The van der Waals surface area contributed by atoms with Gasteiger partial charge in [-0.25, -0.2) is 0 Å². The summed E-state index contributed by atoms with van der Waals surface area (Å²) in [6.45, 7) is 4.47. The largest absolute Gasteiger partial charge is 0.343 e. The molecule has 2 atom stereocenters. The molecule has 1 amide bonds. The van der Waals surface area contributed by atoms with Crippen molar-refractivity contribution in [2.75, 3.05) is 13.1 Å². The number of hydrogen-bond donors (Lipinski definition) is 2. The van der Waals surface area contributed by atoms with Crippen molar-refractivity contribution in [1.82, 2.24) is 5.32 Å². The Labute approximate surface area is 146 Å². The predicted molar refractivity (Wildman–Crippen MR) is 95.4 cm³/mol. The first-order chi connectivity index (χ1) is 11.1. The van der Waals surface area contributed by atoms with E-state index in [1.165, 1.54) is 30.8 Å². The second-order valence-corrected chi connectivity index (χ2v) is 7.55. The van der Waals surface area contributed by atoms with E-state index >= 15 is 0 Å². The molecule has 23 heavy (non-hydrogen) atoms. The van der Waals surface area contributed by atoms with Gasteiger partial charge in [0.25, 0.3) is 5.91 Å². The Balaban J connectivity index is 1.75. The molecule has 3 rings (SSSR count). The molecule has 1 aliphatic rings. The summed E-state index contributed by atoms with van der Waals surface area (Å²) in [6.07, 6.45) is 2.54. The van der Waals surface area contributed by atoms with Crippen LogP contribution in [0.3, 0.4) is 0 Å². The minimum Gasteiger partial charge on any atom is -0.343 e. The maximum absolute atomic E-state index is 12.5. The fourth-order valence-corrected chi connectivity index (χ4v) is 4.59. The normalized spacial score (nSPS) is 17.8. The molecule has 3 nitrogen and oxygen atoms in total. The van der Waals surface area contributed by atoms with Crippen molar-refractivity contribution in [1.29, 1.82) is 0 Å². The first-order valence-electron chi connectivity index (χ1n) is 8.09. The number of likely N-dealkylation sites (tertiary alicyclic amines) is 1. The number of thiophene rings is 1. The van der Waals surface area contributed by atoms with Gasteiger partial charge >= 0.3 is 0 Å². The summed E-state index contributed by atoms with van der Waals surface area (Å²) in [6, 6.07) is 11.8. The zero-order valence-corrected chi connectivity index (χ0v) is 14.8. The molecule has 0 spiro atoms. The Bertz CT molecular complexity index is 653. The zero-order chi connectivity index (χ0) is 16.2. The molecule has 2 heterocycles. The topological polar surface area (TPSA) is 33.5 Å². The molecule has 1 aromatic carbocycles. The summed E-state index contributed by atoms with van der Waals surface area (Å²) in [4.78, 5) is 15.4. The van der Waals surface area contributed by atoms with Crippen LogP contribution in [-0.4, -0.2) is 25.0 Å². The number of amides is 1. The Kier molecular flexibility index (Phi) is 5.36. The second-order valence-electron chi connectivity index (χ2n) is 6.13. The number of hydrogen-bond acceptors (Lipinski definition) is 2. The van der Waals surface area contributed by atoms with E-state index in [0.717, 1.165) is 0 Å². The standard InChI is InChI=1S/C18H21ClN2OS/c1-13(20-18(22)14-6-4-7-15(19)12-14)17(16-8-5-11-23-16)21-9-2-3-10-21/h4-8,11-13,17H,2-3,9-10H2,1H3,(H,20,22)/p+1/t13-,17+/m1/s1. The van der Waals surface area contributed by atoms with E-state index < -0.39 is 0 Å². The van der Waals surface area contributed by atoms with E-state index in [0.29, 0.717) is 16.6 Å². The molecule has 122 valence electrons. The van der Waals surface area contributed by atoms with Gasteiger partial charge in [0.1, 0.15) is 6.04 Å². The molecule has 0 bridgehead atoms. The lowest BCUT2D eigenvalue weighted by Crippen LogP contribution is -3.11. The highest BCUT2D eigenvalue weighted by Gasteiger charge is 2.33. The number of benzene rings is 1. The van der Waals surface area contributed by atoms with Gasteiger partial charge in [-0.1, -0.05) is 23.7 Å². The quantitative estimate of drug-likeness (QED) is 0.855. The van der Waals surface area contributed by atoms with Crippen LogP contribution in [0.15, 0.2) is 41.8 Å². The number of quaternary nitrogens is 1. The summed E-state index contributed by atoms with van der Waals surface area (Å²) in [7, 11) is 0. The van der Waals surface area contributed by atoms with Crippen molar-refractivity contribution in [2.45, 2.75) is 31.8 Å². The van der Waals surface area contributed by atoms with E-state index in [4.69, 9.17) is 11.6 Å². The number of rotatable bonds is 5. The molecule has 0 unspecified atom stereocenters. The van der Waals surface area contributed by atoms with Crippen molar-refractivity contribution in [3.8, 4) is 0 Å². The predicted octanol–water partition coefficient (Wildman–Crippen LogP) is 2.94. The van der Waals surface area contributed by atoms with Crippen LogP contribution < -0.4 is 10.2 Å². The van der Waals surface area contributed by atoms with Crippen molar-refractivity contribution >= 4 is 28.8 Å². The highest BCUT2D eigenvalue weighted by Crippen LogP contribution is 2.21. The van der Waals surface area contributed by atoms with Gasteiger partial charge in [-0.3, -0.25) is 4.79 Å². The monoisotopic (exact) mass is 349 g/mol. The molecular formula is C18H22ClN2OS+. The van der Waals surface area contributed by atoms with Gasteiger partial charge in [0.2, 0.25) is 0 Å². The van der Waals surface area contributed by atoms with Gasteiger partial charge in [0.15, 0.2) is 0 Å². The van der Waals surface area contributed by atoms with Crippen molar-refractivity contribution in [2.24, 2.45) is 0 Å². The Hall–Kier alpha value is -1.36. The smallest absolute Gasteiger partial charge is 0.251 e. The number of carbonyl (C=O) groups excluding carboxylic acids is 1. The van der Waals surface area contributed by atoms with E-state index in [9.17, 15) is 4.79 Å². The lowest BCUT2D eigenvalue weighted by Gasteiger charge is -2.29. The summed E-state index contributed by atoms with van der Waals surface area (Å²) in [5, 5.41) is 5.88. The minimum absolute atomic E-state index is 0.0554. The van der Waals surface area contributed by atoms with Crippen molar-refractivity contribution in [3.63, 3.8) is 0 Å². The molecule has 2 N–H and O–H groups in total. The van der Waals surface area contributed by atoms with Crippen LogP contribution in [0, 0.1) is 0 Å². The average molecular weight is 350 g/mol. The maximum atomic E-state index is 12.5. The molecule has 5 heteroatoms. The van der Waals surface area contributed by atoms with Crippen LogP contribution >= 0.6 is 22.9 Å². The zero-order valence-electron chi connectivity index (χ0n) is 13.2. The highest BCUT2D eigenvalue weighted by atomic mass is 35.5. The Morgan fingerprint density at radius 3 is 2.70 bits per heavy atom. The second kappa shape index (κ2) is 7.47. The maximum Gasteiger partial charge on any atom is 0.251 e. The lowest BCUT2D eigenvalue weighted by atomic mass is 10.1. The third-order valence-corrected chi connectivity index (χ3v) is 5.67. The third kappa shape index (κ3) is 3.94. The molecular weight excluding hydrogens is 328 g/mol.